The lowest BCUT2D eigenvalue weighted by Gasteiger charge is -2.12. The Morgan fingerprint density at radius 3 is 2.43 bits per heavy atom. The minimum Gasteiger partial charge on any atom is -0.492 e. The topological polar surface area (TPSA) is 36.3 Å². The molecule has 4 heteroatoms. The highest BCUT2D eigenvalue weighted by Crippen LogP contribution is 2.21. The molecule has 1 heterocycles. The van der Waals surface area contributed by atoms with E-state index in [-0.39, 0.29) is 0 Å². The molecule has 0 fully saturated rings. The Morgan fingerprint density at radius 2 is 1.67 bits per heavy atom. The monoisotopic (exact) mass is 400 g/mol. The van der Waals surface area contributed by atoms with Crippen LogP contribution in [0.4, 0.5) is 0 Å². The number of aromatic nitrogens is 2. The van der Waals surface area contributed by atoms with Crippen molar-refractivity contribution in [3.05, 3.63) is 89.7 Å². The van der Waals surface area contributed by atoms with E-state index in [1.165, 1.54) is 11.1 Å². The van der Waals surface area contributed by atoms with Gasteiger partial charge in [0, 0.05) is 0 Å². The van der Waals surface area contributed by atoms with Gasteiger partial charge in [0.15, 0.2) is 0 Å². The van der Waals surface area contributed by atoms with E-state index in [0.717, 1.165) is 28.4 Å². The quantitative estimate of drug-likeness (QED) is 0.357. The highest BCUT2D eigenvalue weighted by atomic mass is 16.5. The maximum Gasteiger partial charge on any atom is 0.148 e. The van der Waals surface area contributed by atoms with Gasteiger partial charge in [0.2, 0.25) is 0 Å². The summed E-state index contributed by atoms with van der Waals surface area (Å²) in [5, 5.41) is 0. The van der Waals surface area contributed by atoms with Crippen molar-refractivity contribution in [3.8, 4) is 11.5 Å². The van der Waals surface area contributed by atoms with Gasteiger partial charge in [-0.05, 0) is 60.4 Å². The van der Waals surface area contributed by atoms with E-state index in [1.54, 1.807) is 0 Å². The Balaban J connectivity index is 1.47. The molecular formula is C26H28N2O2. The Kier molecular flexibility index (Phi) is 6.03. The summed E-state index contributed by atoms with van der Waals surface area (Å²) in [4.78, 5) is 4.79. The Hall–Kier alpha value is -3.27. The molecule has 4 aromatic rings. The number of ether oxygens (including phenoxy) is 2. The Bertz CT molecular complexity index is 1110. The molecule has 0 unspecified atom stereocenters. The number of aryl methyl sites for hydroxylation is 1. The zero-order chi connectivity index (χ0) is 20.9. The first kappa shape index (κ1) is 20.0. The minimum absolute atomic E-state index is 0.418. The molecule has 0 N–H and O–H groups in total. The van der Waals surface area contributed by atoms with Crippen molar-refractivity contribution in [2.45, 2.75) is 39.8 Å². The van der Waals surface area contributed by atoms with Crippen LogP contribution in [0.15, 0.2) is 72.8 Å². The molecule has 0 aliphatic heterocycles. The summed E-state index contributed by atoms with van der Waals surface area (Å²) in [6.45, 7) is 8.15. The van der Waals surface area contributed by atoms with Crippen LogP contribution in [0.2, 0.25) is 0 Å². The second-order valence-electron chi connectivity index (χ2n) is 7.85. The molecule has 0 aliphatic rings. The Morgan fingerprint density at radius 1 is 0.867 bits per heavy atom. The van der Waals surface area contributed by atoms with Crippen LogP contribution in [0.1, 0.15) is 36.7 Å². The van der Waals surface area contributed by atoms with Gasteiger partial charge in [0.05, 0.1) is 17.6 Å². The van der Waals surface area contributed by atoms with E-state index in [9.17, 15) is 0 Å². The molecule has 0 atom stereocenters. The summed E-state index contributed by atoms with van der Waals surface area (Å²) in [5.74, 6) is 3.17. The third-order valence-corrected chi connectivity index (χ3v) is 5.22. The lowest BCUT2D eigenvalue weighted by atomic mass is 10.0. The van der Waals surface area contributed by atoms with Crippen LogP contribution in [-0.4, -0.2) is 16.2 Å². The minimum atomic E-state index is 0.418. The van der Waals surface area contributed by atoms with Gasteiger partial charge in [-0.1, -0.05) is 50.2 Å². The van der Waals surface area contributed by atoms with Crippen LogP contribution < -0.4 is 9.47 Å². The van der Waals surface area contributed by atoms with Gasteiger partial charge in [-0.2, -0.15) is 0 Å². The van der Waals surface area contributed by atoms with Crippen LogP contribution in [0.3, 0.4) is 0 Å². The molecule has 154 valence electrons. The molecule has 0 bridgehead atoms. The standard InChI is InChI=1S/C26H28N2O2/c1-19(2)21-11-13-22(14-12-21)29-16-15-28-25-10-5-4-9-24(25)27-26(28)18-30-23-8-6-7-20(3)17-23/h4-14,17,19H,15-16,18H2,1-3H3. The van der Waals surface area contributed by atoms with E-state index in [2.05, 4.69) is 49.6 Å². The number of imidazole rings is 1. The molecule has 4 nitrogen and oxygen atoms in total. The molecule has 0 saturated carbocycles. The second-order valence-corrected chi connectivity index (χ2v) is 7.85. The molecular weight excluding hydrogens is 372 g/mol. The molecule has 1 aromatic heterocycles. The van der Waals surface area contributed by atoms with Crippen molar-refractivity contribution < 1.29 is 9.47 Å². The number of rotatable bonds is 8. The van der Waals surface area contributed by atoms with E-state index < -0.39 is 0 Å². The van der Waals surface area contributed by atoms with E-state index in [0.29, 0.717) is 25.7 Å². The van der Waals surface area contributed by atoms with Crippen LogP contribution in [0.25, 0.3) is 11.0 Å². The van der Waals surface area contributed by atoms with Gasteiger partial charge in [0.1, 0.15) is 30.5 Å². The first-order chi connectivity index (χ1) is 14.6. The molecule has 0 radical (unpaired) electrons. The summed E-state index contributed by atoms with van der Waals surface area (Å²) in [6.07, 6.45) is 0. The van der Waals surface area contributed by atoms with Gasteiger partial charge in [-0.3, -0.25) is 0 Å². The lowest BCUT2D eigenvalue weighted by molar-refractivity contribution is 0.272. The number of benzene rings is 3. The molecule has 0 aliphatic carbocycles. The van der Waals surface area contributed by atoms with E-state index >= 15 is 0 Å². The fourth-order valence-electron chi connectivity index (χ4n) is 3.54. The van der Waals surface area contributed by atoms with Crippen molar-refractivity contribution in [1.29, 1.82) is 0 Å². The van der Waals surface area contributed by atoms with Gasteiger partial charge in [-0.25, -0.2) is 4.98 Å². The zero-order valence-corrected chi connectivity index (χ0v) is 17.8. The maximum absolute atomic E-state index is 6.02. The smallest absolute Gasteiger partial charge is 0.148 e. The zero-order valence-electron chi connectivity index (χ0n) is 17.8. The van der Waals surface area contributed by atoms with E-state index in [4.69, 9.17) is 14.5 Å². The predicted octanol–water partition coefficient (Wildman–Crippen LogP) is 6.13. The summed E-state index contributed by atoms with van der Waals surface area (Å²) < 4.78 is 14.2. The Labute approximate surface area is 178 Å². The van der Waals surface area contributed by atoms with Crippen LogP contribution in [-0.2, 0) is 13.2 Å². The highest BCUT2D eigenvalue weighted by Gasteiger charge is 2.11. The van der Waals surface area contributed by atoms with Gasteiger partial charge < -0.3 is 14.0 Å². The number of para-hydroxylation sites is 2. The van der Waals surface area contributed by atoms with Crippen molar-refractivity contribution in [2.24, 2.45) is 0 Å². The highest BCUT2D eigenvalue weighted by molar-refractivity contribution is 5.75. The van der Waals surface area contributed by atoms with Crippen LogP contribution in [0.5, 0.6) is 11.5 Å². The molecule has 3 aromatic carbocycles. The first-order valence-electron chi connectivity index (χ1n) is 10.5. The van der Waals surface area contributed by atoms with Crippen molar-refractivity contribution in [1.82, 2.24) is 9.55 Å². The molecule has 0 amide bonds. The van der Waals surface area contributed by atoms with E-state index in [1.807, 2.05) is 48.5 Å². The number of fused-ring (bicyclic) bond motifs is 1. The maximum atomic E-state index is 6.02. The van der Waals surface area contributed by atoms with Crippen molar-refractivity contribution >= 4 is 11.0 Å². The largest absolute Gasteiger partial charge is 0.492 e. The number of hydrogen-bond donors (Lipinski definition) is 0. The predicted molar refractivity (Wildman–Crippen MR) is 121 cm³/mol. The third-order valence-electron chi connectivity index (χ3n) is 5.22. The summed E-state index contributed by atoms with van der Waals surface area (Å²) in [5.41, 5.74) is 4.57. The van der Waals surface area contributed by atoms with Crippen LogP contribution in [0, 0.1) is 6.92 Å². The molecule has 4 rings (SSSR count). The first-order valence-corrected chi connectivity index (χ1v) is 10.5. The second kappa shape index (κ2) is 9.04. The van der Waals surface area contributed by atoms with Crippen molar-refractivity contribution in [2.75, 3.05) is 6.61 Å². The average molecular weight is 401 g/mol. The van der Waals surface area contributed by atoms with Crippen LogP contribution >= 0.6 is 0 Å². The third kappa shape index (κ3) is 4.65. The molecule has 30 heavy (non-hydrogen) atoms. The average Bonchev–Trinajstić information content (AvgIpc) is 3.10. The summed E-state index contributed by atoms with van der Waals surface area (Å²) >= 11 is 0. The summed E-state index contributed by atoms with van der Waals surface area (Å²) in [6, 6.07) is 24.6. The normalized spacial score (nSPS) is 11.2. The fraction of sp³-hybridized carbons (Fsp3) is 0.269. The summed E-state index contributed by atoms with van der Waals surface area (Å²) in [7, 11) is 0. The lowest BCUT2D eigenvalue weighted by Crippen LogP contribution is -2.13. The fourth-order valence-corrected chi connectivity index (χ4v) is 3.54. The molecule has 0 saturated heterocycles. The van der Waals surface area contributed by atoms with Gasteiger partial charge >= 0.3 is 0 Å². The SMILES string of the molecule is Cc1cccc(OCc2nc3ccccc3n2CCOc2ccc(C(C)C)cc2)c1. The van der Waals surface area contributed by atoms with Gasteiger partial charge in [-0.15, -0.1) is 0 Å². The molecule has 0 spiro atoms. The van der Waals surface area contributed by atoms with Crippen molar-refractivity contribution in [3.63, 3.8) is 0 Å². The number of hydrogen-bond acceptors (Lipinski definition) is 3. The number of nitrogens with zero attached hydrogens (tertiary/aromatic N) is 2. The van der Waals surface area contributed by atoms with Gasteiger partial charge in [0.25, 0.3) is 0 Å².